The second-order valence-electron chi connectivity index (χ2n) is 7.93. The van der Waals surface area contributed by atoms with Crippen LogP contribution in [0.25, 0.3) is 0 Å². The summed E-state index contributed by atoms with van der Waals surface area (Å²) in [4.78, 5) is 14.4. The zero-order valence-electron chi connectivity index (χ0n) is 16.7. The van der Waals surface area contributed by atoms with E-state index in [2.05, 4.69) is 10.2 Å². The van der Waals surface area contributed by atoms with Gasteiger partial charge in [-0.15, -0.1) is 0 Å². The lowest BCUT2D eigenvalue weighted by Crippen LogP contribution is -2.44. The molecule has 29 heavy (non-hydrogen) atoms. The number of methoxy groups -OCH3 is 1. The van der Waals surface area contributed by atoms with Crippen molar-refractivity contribution in [3.63, 3.8) is 0 Å². The number of aromatic hydroxyl groups is 1. The van der Waals surface area contributed by atoms with E-state index in [4.69, 9.17) is 13.9 Å². The van der Waals surface area contributed by atoms with Gasteiger partial charge in [0.15, 0.2) is 17.3 Å². The molecule has 1 atom stereocenters. The van der Waals surface area contributed by atoms with Crippen LogP contribution in [0, 0.1) is 0 Å². The van der Waals surface area contributed by atoms with Crippen molar-refractivity contribution in [1.82, 2.24) is 10.2 Å². The molecule has 0 aliphatic carbocycles. The minimum absolute atomic E-state index is 0.0572. The van der Waals surface area contributed by atoms with Crippen LogP contribution in [0.3, 0.4) is 0 Å². The maximum atomic E-state index is 12.0. The number of likely N-dealkylation sites (tertiary alicyclic amines) is 1. The average molecular weight is 400 g/mol. The lowest BCUT2D eigenvalue weighted by atomic mass is 9.88. The van der Waals surface area contributed by atoms with Gasteiger partial charge in [-0.25, -0.2) is 0 Å². The molecular formula is C22H28N2O5. The Labute approximate surface area is 170 Å². The van der Waals surface area contributed by atoms with Gasteiger partial charge in [-0.3, -0.25) is 9.69 Å². The zero-order chi connectivity index (χ0) is 20.3. The zero-order valence-corrected chi connectivity index (χ0v) is 16.7. The summed E-state index contributed by atoms with van der Waals surface area (Å²) in [6, 6.07) is 8.88. The predicted molar refractivity (Wildman–Crippen MR) is 107 cm³/mol. The van der Waals surface area contributed by atoms with E-state index >= 15 is 0 Å². The fraction of sp³-hybridized carbons (Fsp3) is 0.500. The van der Waals surface area contributed by atoms with Crippen LogP contribution < -0.4 is 10.1 Å². The Kier molecular flexibility index (Phi) is 5.78. The molecule has 0 saturated carbocycles. The molecule has 2 saturated heterocycles. The van der Waals surface area contributed by atoms with Crippen LogP contribution >= 0.6 is 0 Å². The minimum Gasteiger partial charge on any atom is -0.504 e. The largest absolute Gasteiger partial charge is 0.504 e. The van der Waals surface area contributed by atoms with Gasteiger partial charge < -0.3 is 24.3 Å². The molecule has 7 nitrogen and oxygen atoms in total. The number of nitrogens with zero attached hydrogens (tertiary/aromatic N) is 1. The molecule has 4 rings (SSSR count). The number of hydrogen-bond donors (Lipinski definition) is 2. The van der Waals surface area contributed by atoms with Crippen molar-refractivity contribution in [1.29, 1.82) is 0 Å². The number of benzene rings is 1. The van der Waals surface area contributed by atoms with Gasteiger partial charge in [-0.1, -0.05) is 6.07 Å². The first-order valence-corrected chi connectivity index (χ1v) is 10.1. The van der Waals surface area contributed by atoms with E-state index in [1.807, 2.05) is 12.1 Å². The fourth-order valence-electron chi connectivity index (χ4n) is 4.31. The van der Waals surface area contributed by atoms with Crippen LogP contribution in [0.5, 0.6) is 11.5 Å². The standard InChI is InChI=1S/C22H28N2O5/c1-27-20-13-16(4-5-18(20)25)15-24-10-8-22(9-11-24)7-6-17(29-22)14-23-21(26)19-3-2-12-28-19/h2-5,12-13,17,25H,6-11,14-15H2,1H3,(H,23,26). The topological polar surface area (TPSA) is 84.2 Å². The Balaban J connectivity index is 1.24. The molecule has 2 fully saturated rings. The van der Waals surface area contributed by atoms with Gasteiger partial charge in [0.25, 0.3) is 5.91 Å². The molecule has 1 spiro atoms. The Morgan fingerprint density at radius 1 is 1.31 bits per heavy atom. The molecule has 1 amide bonds. The average Bonchev–Trinajstić information content (AvgIpc) is 3.40. The molecular weight excluding hydrogens is 372 g/mol. The van der Waals surface area contributed by atoms with Crippen molar-refractivity contribution in [3.05, 3.63) is 47.9 Å². The van der Waals surface area contributed by atoms with Gasteiger partial charge in [0, 0.05) is 26.2 Å². The molecule has 0 radical (unpaired) electrons. The van der Waals surface area contributed by atoms with Crippen LogP contribution in [-0.2, 0) is 11.3 Å². The van der Waals surface area contributed by atoms with Crippen LogP contribution in [0.1, 0.15) is 41.8 Å². The van der Waals surface area contributed by atoms with Gasteiger partial charge in [-0.05, 0) is 55.5 Å². The van der Waals surface area contributed by atoms with E-state index in [0.29, 0.717) is 18.1 Å². The number of carbonyl (C=O) groups is 1. The quantitative estimate of drug-likeness (QED) is 0.776. The second-order valence-corrected chi connectivity index (χ2v) is 7.93. The number of rotatable bonds is 6. The highest BCUT2D eigenvalue weighted by atomic mass is 16.5. The Bertz CT molecular complexity index is 828. The summed E-state index contributed by atoms with van der Waals surface area (Å²) in [7, 11) is 1.56. The summed E-state index contributed by atoms with van der Waals surface area (Å²) in [5.41, 5.74) is 1.06. The van der Waals surface area contributed by atoms with Gasteiger partial charge >= 0.3 is 0 Å². The Hall–Kier alpha value is -2.51. The van der Waals surface area contributed by atoms with E-state index in [1.165, 1.54) is 6.26 Å². The van der Waals surface area contributed by atoms with Gasteiger partial charge in [0.2, 0.25) is 0 Å². The number of phenols is 1. The normalized spacial score (nSPS) is 21.3. The third-order valence-corrected chi connectivity index (χ3v) is 5.99. The molecule has 1 unspecified atom stereocenters. The van der Waals surface area contributed by atoms with Crippen LogP contribution in [0.15, 0.2) is 41.0 Å². The number of amides is 1. The summed E-state index contributed by atoms with van der Waals surface area (Å²) in [6.45, 7) is 3.27. The first kappa shape index (κ1) is 19.8. The first-order chi connectivity index (χ1) is 14.1. The SMILES string of the molecule is COc1cc(CN2CCC3(CCC(CNC(=O)c4ccco4)O3)CC2)ccc1O. The minimum atomic E-state index is -0.196. The summed E-state index contributed by atoms with van der Waals surface area (Å²) in [5, 5.41) is 12.7. The number of piperidine rings is 1. The predicted octanol–water partition coefficient (Wildman–Crippen LogP) is 2.94. The lowest BCUT2D eigenvalue weighted by molar-refractivity contribution is -0.0764. The summed E-state index contributed by atoms with van der Waals surface area (Å²) < 4.78 is 16.7. The van der Waals surface area contributed by atoms with Crippen LogP contribution in [0.2, 0.25) is 0 Å². The molecule has 2 N–H and O–H groups in total. The molecule has 1 aromatic heterocycles. The van der Waals surface area contributed by atoms with Gasteiger partial charge in [-0.2, -0.15) is 0 Å². The third-order valence-electron chi connectivity index (χ3n) is 5.99. The number of nitrogens with one attached hydrogen (secondary N) is 1. The van der Waals surface area contributed by atoms with Crippen molar-refractivity contribution < 1.29 is 23.8 Å². The summed E-state index contributed by atoms with van der Waals surface area (Å²) in [5.74, 6) is 0.809. The monoisotopic (exact) mass is 400 g/mol. The maximum absolute atomic E-state index is 12.0. The van der Waals surface area contributed by atoms with E-state index in [-0.39, 0.29) is 23.4 Å². The van der Waals surface area contributed by atoms with Crippen LogP contribution in [-0.4, -0.2) is 54.4 Å². The molecule has 2 aliphatic heterocycles. The number of carbonyl (C=O) groups excluding carboxylic acids is 1. The number of ether oxygens (including phenoxy) is 2. The Morgan fingerprint density at radius 3 is 2.86 bits per heavy atom. The smallest absolute Gasteiger partial charge is 0.287 e. The first-order valence-electron chi connectivity index (χ1n) is 10.1. The summed E-state index contributed by atoms with van der Waals surface area (Å²) in [6.07, 6.45) is 5.54. The lowest BCUT2D eigenvalue weighted by Gasteiger charge is -2.39. The second kappa shape index (κ2) is 8.47. The van der Waals surface area contributed by atoms with Crippen molar-refractivity contribution in [3.8, 4) is 11.5 Å². The van der Waals surface area contributed by atoms with E-state index < -0.39 is 0 Å². The fourth-order valence-corrected chi connectivity index (χ4v) is 4.31. The number of furan rings is 1. The Morgan fingerprint density at radius 2 is 2.14 bits per heavy atom. The van der Waals surface area contributed by atoms with E-state index in [1.54, 1.807) is 25.3 Å². The van der Waals surface area contributed by atoms with Crippen molar-refractivity contribution in [2.75, 3.05) is 26.7 Å². The van der Waals surface area contributed by atoms with Crippen molar-refractivity contribution in [2.24, 2.45) is 0 Å². The molecule has 2 aromatic rings. The highest BCUT2D eigenvalue weighted by Gasteiger charge is 2.42. The number of phenolic OH excluding ortho intramolecular Hbond substituents is 1. The van der Waals surface area contributed by atoms with E-state index in [9.17, 15) is 9.90 Å². The highest BCUT2D eigenvalue weighted by molar-refractivity contribution is 5.91. The van der Waals surface area contributed by atoms with Crippen molar-refractivity contribution in [2.45, 2.75) is 43.9 Å². The third kappa shape index (κ3) is 4.57. The highest BCUT2D eigenvalue weighted by Crippen LogP contribution is 2.39. The molecule has 7 heteroatoms. The molecule has 3 heterocycles. The van der Waals surface area contributed by atoms with Crippen LogP contribution in [0.4, 0.5) is 0 Å². The molecule has 1 aromatic carbocycles. The molecule has 156 valence electrons. The van der Waals surface area contributed by atoms with E-state index in [0.717, 1.165) is 50.9 Å². The number of hydrogen-bond acceptors (Lipinski definition) is 6. The van der Waals surface area contributed by atoms with Gasteiger partial charge in [0.1, 0.15) is 0 Å². The molecule has 0 bridgehead atoms. The molecule has 2 aliphatic rings. The summed E-state index contributed by atoms with van der Waals surface area (Å²) >= 11 is 0. The van der Waals surface area contributed by atoms with Gasteiger partial charge in [0.05, 0.1) is 25.1 Å². The van der Waals surface area contributed by atoms with Crippen molar-refractivity contribution >= 4 is 5.91 Å². The maximum Gasteiger partial charge on any atom is 0.287 e.